The molecule has 0 atom stereocenters. The summed E-state index contributed by atoms with van der Waals surface area (Å²) in [4.78, 5) is 98.4. The number of thiocarbonyl (C=S) groups is 1. The van der Waals surface area contributed by atoms with Crippen LogP contribution in [0.1, 0.15) is 323 Å². The van der Waals surface area contributed by atoms with Gasteiger partial charge in [-0.15, -0.1) is 10.1 Å². The number of benzene rings is 4. The quantitative estimate of drug-likeness (QED) is 0.0756. The van der Waals surface area contributed by atoms with Gasteiger partial charge in [0.25, 0.3) is 23.6 Å². The molecule has 2 N–H and O–H groups in total. The van der Waals surface area contributed by atoms with Gasteiger partial charge in [-0.2, -0.15) is 4.99 Å². The van der Waals surface area contributed by atoms with Crippen LogP contribution in [0.5, 0.6) is 0 Å². The maximum absolute atomic E-state index is 10.9. The Bertz CT molecular complexity index is 2980. The zero-order chi connectivity index (χ0) is 97.6. The third kappa shape index (κ3) is 77.7. The van der Waals surface area contributed by atoms with Crippen molar-refractivity contribution in [1.29, 1.82) is 0 Å². The fraction of sp³-hybridized carbons (Fsp3) is 0.713. The number of amides is 4. The zero-order valence-corrected chi connectivity index (χ0v) is 88.1. The Kier molecular flexibility index (Phi) is 88.4. The van der Waals surface area contributed by atoms with Gasteiger partial charge < -0.3 is 59.5 Å². The number of piperidine rings is 9. The maximum atomic E-state index is 10.9. The minimum absolute atomic E-state index is 0.131. The van der Waals surface area contributed by atoms with Crippen molar-refractivity contribution in [3.05, 3.63) is 131 Å². The molecule has 11 aliphatic rings. The summed E-state index contributed by atoms with van der Waals surface area (Å²) in [6, 6.07) is 35.1. The molecule has 15 rings (SSSR count). The minimum atomic E-state index is -0.659. The lowest BCUT2D eigenvalue weighted by atomic mass is 10.1. The van der Waals surface area contributed by atoms with E-state index in [-0.39, 0.29) is 32.1 Å². The van der Waals surface area contributed by atoms with Crippen LogP contribution in [0.3, 0.4) is 0 Å². The lowest BCUT2D eigenvalue weighted by Gasteiger charge is -2.20. The summed E-state index contributed by atoms with van der Waals surface area (Å²) >= 11 is 4.48. The molecule has 0 aliphatic carbocycles. The first-order valence-corrected chi connectivity index (χ1v) is 51.5. The van der Waals surface area contributed by atoms with Crippen molar-refractivity contribution in [3.8, 4) is 0 Å². The number of likely N-dealkylation sites (tertiary alicyclic amines) is 9. The molecule has 0 unspecified atom stereocenters. The molecule has 11 heterocycles. The van der Waals surface area contributed by atoms with Crippen LogP contribution < -0.4 is 5.73 Å². The third-order valence-electron chi connectivity index (χ3n) is 22.6. The van der Waals surface area contributed by atoms with Crippen LogP contribution in [0.4, 0.5) is 11.4 Å². The number of nitrogens with zero attached hydrogens (tertiary/aromatic N) is 12. The molecule has 0 bridgehead atoms. The summed E-state index contributed by atoms with van der Waals surface area (Å²) in [6.07, 6.45) is 44.8. The van der Waals surface area contributed by atoms with E-state index in [1.165, 1.54) is 325 Å². The number of nitrogen functional groups attached to an aromatic ring is 1. The minimum Gasteiger partial charge on any atom is -0.399 e. The molecular weight excluding hydrogens is 1640 g/mol. The molecule has 4 aromatic carbocycles. The van der Waals surface area contributed by atoms with Crippen LogP contribution in [0, 0.1) is 6.92 Å². The van der Waals surface area contributed by atoms with E-state index in [4.69, 9.17) is 5.73 Å². The van der Waals surface area contributed by atoms with Crippen LogP contribution in [0.15, 0.2) is 108 Å². The molecular formula is C108H195N13O8S. The van der Waals surface area contributed by atoms with Crippen LogP contribution in [-0.4, -0.2) is 276 Å². The highest BCUT2D eigenvalue weighted by atomic mass is 32.1. The monoisotopic (exact) mass is 1830 g/mol. The molecule has 0 saturated carbocycles. The van der Waals surface area contributed by atoms with Crippen molar-refractivity contribution >= 4 is 64.3 Å². The Balaban J connectivity index is -0.00000133. The third-order valence-corrected chi connectivity index (χ3v) is 22.7. The molecule has 4 aromatic rings. The SMILES string of the molecule is CC.CC.CC(=O)ON1C(=O)CCC1=O.CCC.CCC(=O)ON1C(=O)CCC1=O.CCc1ccc(C)cc1.CCc1ccc(N)cc1.CCc1ccc(N=C=S)cc1.CCc1ccccc1.CN1CCCCC1.CN1CCCCC1.CN1CCCCC1.CN1CCCCC1.CN1CCCCC1.CN1CCCCC1.CN1CCCCC1.CN1CCCCC1.CN1CCCCC1. The molecule has 0 spiro atoms. The van der Waals surface area contributed by atoms with E-state index >= 15 is 0 Å². The fourth-order valence-electron chi connectivity index (χ4n) is 14.2. The molecule has 22 heteroatoms. The standard InChI is InChI=1S/C9H9NS.C9H12.C8H11N.C8H10.C7H9NO4.C6H7NO4.9C6H13N.C3H8.2C2H6/c1-2-8-3-5-9(6-4-8)10-7-11;1-3-9-6-4-8(2)5-7-9;1-2-7-3-5-8(9)6-4-7;1-2-8-6-4-3-5-7-8;1-2-7(11)12-8-5(9)3-4-6(8)10;1-4(8)11-7-5(9)2-3-6(7)10;9*1-7-5-3-2-4-6-7;1-3-2;2*1-2/h3-6H,2H2,1H3;4-7H,3H2,1-2H3;3-6H,2,9H2,1H3;3-7H,2H2,1H3;2-4H2,1H3;2-3H2,1H3;9*2-6H2,1H3;3H2,1-2H3;2*1-2H3. The van der Waals surface area contributed by atoms with Crippen LogP contribution >= 0.6 is 12.2 Å². The predicted molar refractivity (Wildman–Crippen MR) is 558 cm³/mol. The van der Waals surface area contributed by atoms with Gasteiger partial charge >= 0.3 is 11.9 Å². The molecule has 4 amide bonds. The van der Waals surface area contributed by atoms with Crippen LogP contribution in [-0.2, 0) is 64.1 Å². The number of hydrogen-bond acceptors (Lipinski definition) is 20. The molecule has 0 aromatic heterocycles. The first-order chi connectivity index (χ1) is 62.7. The highest BCUT2D eigenvalue weighted by Crippen LogP contribution is 2.17. The molecule has 11 aliphatic heterocycles. The fourth-order valence-corrected chi connectivity index (χ4v) is 14.3. The van der Waals surface area contributed by atoms with E-state index in [9.17, 15) is 28.8 Å². The number of aryl methyl sites for hydroxylation is 5. The Labute approximate surface area is 802 Å². The number of hydroxylamine groups is 4. The number of hydrogen-bond donors (Lipinski definition) is 1. The van der Waals surface area contributed by atoms with Gasteiger partial charge in [0.05, 0.1) is 10.8 Å². The van der Waals surface area contributed by atoms with Gasteiger partial charge in [0, 0.05) is 44.7 Å². The van der Waals surface area contributed by atoms with Crippen molar-refractivity contribution in [2.45, 2.75) is 328 Å². The van der Waals surface area contributed by atoms with Crippen molar-refractivity contribution in [2.24, 2.45) is 4.99 Å². The average Bonchev–Trinajstić information content (AvgIpc) is 1.74. The average molecular weight is 1840 g/mol. The highest BCUT2D eigenvalue weighted by molar-refractivity contribution is 7.78. The molecule has 0 radical (unpaired) electrons. The van der Waals surface area contributed by atoms with Gasteiger partial charge in [-0.3, -0.25) is 19.2 Å². The van der Waals surface area contributed by atoms with Gasteiger partial charge in [0.15, 0.2) is 0 Å². The smallest absolute Gasteiger partial charge is 0.332 e. The van der Waals surface area contributed by atoms with Crippen molar-refractivity contribution in [1.82, 2.24) is 54.2 Å². The van der Waals surface area contributed by atoms with Crippen molar-refractivity contribution < 1.29 is 38.4 Å². The largest absolute Gasteiger partial charge is 0.399 e. The molecule has 11 fully saturated rings. The Morgan fingerprint density at radius 3 is 0.700 bits per heavy atom. The number of carbonyl (C=O) groups excluding carboxylic acids is 6. The van der Waals surface area contributed by atoms with Crippen LogP contribution in [0.2, 0.25) is 0 Å². The van der Waals surface area contributed by atoms with E-state index in [2.05, 4.69) is 249 Å². The van der Waals surface area contributed by atoms with E-state index in [1.54, 1.807) is 6.92 Å². The summed E-state index contributed by atoms with van der Waals surface area (Å²) in [5, 5.41) is 3.39. The molecule has 130 heavy (non-hydrogen) atoms. The Hall–Kier alpha value is -6.66. The second-order valence-corrected chi connectivity index (χ2v) is 35.2. The molecule has 746 valence electrons. The number of imide groups is 2. The lowest BCUT2D eigenvalue weighted by molar-refractivity contribution is -0.197. The molecule has 21 nitrogen and oxygen atoms in total. The topological polar surface area (TPSA) is 195 Å². The van der Waals surface area contributed by atoms with E-state index in [0.29, 0.717) is 10.1 Å². The van der Waals surface area contributed by atoms with Gasteiger partial charge in [0.1, 0.15) is 0 Å². The summed E-state index contributed by atoms with van der Waals surface area (Å²) in [7, 11) is 19.7. The first kappa shape index (κ1) is 127. The summed E-state index contributed by atoms with van der Waals surface area (Å²) in [5.41, 5.74) is 14.0. The summed E-state index contributed by atoms with van der Waals surface area (Å²) in [5.74, 6) is -3.02. The van der Waals surface area contributed by atoms with Gasteiger partial charge in [-0.25, -0.2) is 9.59 Å². The van der Waals surface area contributed by atoms with Gasteiger partial charge in [-0.1, -0.05) is 225 Å². The summed E-state index contributed by atoms with van der Waals surface area (Å²) in [6.45, 7) is 49.4. The zero-order valence-electron chi connectivity index (χ0n) is 87.3. The van der Waals surface area contributed by atoms with Crippen molar-refractivity contribution in [3.63, 3.8) is 0 Å². The van der Waals surface area contributed by atoms with Crippen LogP contribution in [0.25, 0.3) is 0 Å². The number of nitrogens with two attached hydrogens (primary N) is 1. The normalized spacial score (nSPS) is 18.1. The first-order valence-electron chi connectivity index (χ1n) is 51.1. The number of anilines is 1. The van der Waals surface area contributed by atoms with E-state index in [0.717, 1.165) is 44.0 Å². The molecule has 11 saturated heterocycles. The second-order valence-electron chi connectivity index (χ2n) is 35.0. The number of rotatable bonds is 8. The second kappa shape index (κ2) is 90.2. The van der Waals surface area contributed by atoms with E-state index < -0.39 is 35.6 Å². The number of isothiocyanates is 1. The lowest BCUT2D eigenvalue weighted by Crippen LogP contribution is -2.31. The highest BCUT2D eigenvalue weighted by Gasteiger charge is 2.33. The predicted octanol–water partition coefficient (Wildman–Crippen LogP) is 22.6. The Morgan fingerprint density at radius 1 is 0.323 bits per heavy atom. The number of carbonyl (C=O) groups is 6. The number of aliphatic imine (C=N–C) groups is 1. The van der Waals surface area contributed by atoms with E-state index in [1.807, 2.05) is 70.2 Å². The van der Waals surface area contributed by atoms with Gasteiger partial charge in [0.2, 0.25) is 0 Å². The maximum Gasteiger partial charge on any atom is 0.332 e. The van der Waals surface area contributed by atoms with Gasteiger partial charge in [-0.05, 0) is 388 Å². The van der Waals surface area contributed by atoms with Crippen molar-refractivity contribution in [2.75, 3.05) is 187 Å². The summed E-state index contributed by atoms with van der Waals surface area (Å²) < 4.78 is 0. The Morgan fingerprint density at radius 2 is 0.523 bits per heavy atom.